The Bertz CT molecular complexity index is 1570. The second-order valence-electron chi connectivity index (χ2n) is 12.6. The number of rotatable bonds is 14. The Kier molecular flexibility index (Phi) is 17.4. The van der Waals surface area contributed by atoms with Gasteiger partial charge in [-0.2, -0.15) is 0 Å². The largest absolute Gasteiger partial charge is 0.222 e. The van der Waals surface area contributed by atoms with E-state index in [9.17, 15) is 0 Å². The van der Waals surface area contributed by atoms with E-state index in [1.165, 1.54) is 76.3 Å². The topological polar surface area (TPSA) is 184 Å². The molecule has 0 spiro atoms. The number of benzene rings is 6. The Hall–Kier alpha value is -3.56. The predicted octanol–water partition coefficient (Wildman–Crippen LogP) is -0.587. The molecule has 6 aromatic carbocycles. The molecule has 0 amide bonds. The van der Waals surface area contributed by atoms with E-state index in [0.29, 0.717) is 0 Å². The zero-order valence-corrected chi connectivity index (χ0v) is 33.5. The van der Waals surface area contributed by atoms with E-state index in [1.54, 1.807) is 0 Å². The molecule has 0 saturated carbocycles. The lowest BCUT2D eigenvalue weighted by Crippen LogP contribution is -2.68. The van der Waals surface area contributed by atoms with Gasteiger partial charge in [0.05, 0.1) is 12.3 Å². The molecule has 12 heteroatoms. The van der Waals surface area contributed by atoms with Crippen molar-refractivity contribution >= 4 is 46.4 Å². The number of unbranched alkanes of at least 4 members (excludes halogenated alkanes) is 4. The van der Waals surface area contributed by atoms with E-state index in [2.05, 4.69) is 182 Å². The maximum Gasteiger partial charge on any atom is 0.112 e. The minimum Gasteiger partial charge on any atom is -0.222 e. The van der Waals surface area contributed by atoms with Gasteiger partial charge in [-0.15, -0.1) is 20.5 Å². The van der Waals surface area contributed by atoms with E-state index in [4.69, 9.17) is 37.3 Å². The van der Waals surface area contributed by atoms with Crippen LogP contribution in [0, 0.1) is 20.5 Å². The second kappa shape index (κ2) is 21.7. The summed E-state index contributed by atoms with van der Waals surface area (Å²) in [5.41, 5.74) is 0. The molecule has 288 valence electrons. The highest BCUT2D eigenvalue weighted by Gasteiger charge is 2.45. The normalized spacial score (nSPS) is 11.8. The third kappa shape index (κ3) is 13.9. The van der Waals surface area contributed by atoms with Crippen molar-refractivity contribution in [2.24, 2.45) is 0 Å². The van der Waals surface area contributed by atoms with Crippen molar-refractivity contribution in [3.8, 4) is 0 Å². The molecule has 0 aliphatic rings. The lowest BCUT2D eigenvalue weighted by molar-refractivity contribution is -2.00. The van der Waals surface area contributed by atoms with Crippen molar-refractivity contribution in [2.45, 2.75) is 32.1 Å². The second-order valence-corrected chi connectivity index (χ2v) is 21.3. The van der Waals surface area contributed by atoms with Crippen molar-refractivity contribution in [1.29, 1.82) is 0 Å². The molecule has 0 unspecified atom stereocenters. The Morgan fingerprint density at radius 3 is 0.564 bits per heavy atom. The first-order valence-corrected chi connectivity index (χ1v) is 24.1. The van der Waals surface area contributed by atoms with Crippen molar-refractivity contribution in [1.82, 2.24) is 0 Å². The van der Waals surface area contributed by atoms with Crippen LogP contribution in [0.4, 0.5) is 0 Å². The fourth-order valence-corrected chi connectivity index (χ4v) is 15.8. The summed E-state index contributed by atoms with van der Waals surface area (Å²) in [6, 6.07) is 68.0. The van der Waals surface area contributed by atoms with Crippen molar-refractivity contribution in [2.75, 3.05) is 12.3 Å². The highest BCUT2D eigenvalue weighted by molar-refractivity contribution is 7.96. The van der Waals surface area contributed by atoms with Crippen LogP contribution in [0.3, 0.4) is 0 Å². The molecule has 0 saturated heterocycles. The molecule has 8 nitrogen and oxygen atoms in total. The summed E-state index contributed by atoms with van der Waals surface area (Å²) in [5.74, 6) is 0. The lowest BCUT2D eigenvalue weighted by atomic mass is 10.2. The minimum absolute atomic E-state index is 1.21. The van der Waals surface area contributed by atoms with E-state index in [1.807, 2.05) is 0 Å². The molecule has 6 aromatic rings. The lowest BCUT2D eigenvalue weighted by Gasteiger charge is -2.28. The van der Waals surface area contributed by atoms with Gasteiger partial charge in [0.25, 0.3) is 0 Å². The van der Waals surface area contributed by atoms with Crippen LogP contribution >= 0.6 is 14.5 Å². The van der Waals surface area contributed by atoms with Crippen LogP contribution in [-0.2, 0) is 0 Å². The molecule has 0 N–H and O–H groups in total. The fraction of sp³-hybridized carbons (Fsp3) is 0.163. The first kappa shape index (κ1) is 44.2. The zero-order chi connectivity index (χ0) is 39.6. The van der Waals surface area contributed by atoms with Crippen LogP contribution in [0.1, 0.15) is 32.1 Å². The maximum atomic E-state index is 8.49. The molecule has 0 atom stereocenters. The maximum absolute atomic E-state index is 8.49. The Morgan fingerprint density at radius 1 is 0.255 bits per heavy atom. The summed E-state index contributed by atoms with van der Waals surface area (Å²) in [6.45, 7) is 0. The smallest absolute Gasteiger partial charge is 0.112 e. The van der Waals surface area contributed by atoms with Gasteiger partial charge >= 0.3 is 0 Å². The SMILES string of the molecule is [O-][Cl+3]([O-])([O-])[O-].[O-][Cl+3]([O-])([O-])[O-].c1ccc([P+](CCCCCCC[P+](c2ccccc2)(c2ccccc2)c2ccccc2)(c2ccccc2)c2ccccc2)cc1. The Labute approximate surface area is 329 Å². The molecule has 55 heavy (non-hydrogen) atoms. The molecule has 0 radical (unpaired) electrons. The molecular weight excluding hydrogens is 777 g/mol. The molecule has 0 aliphatic carbocycles. The van der Waals surface area contributed by atoms with Crippen LogP contribution in [0.2, 0.25) is 0 Å². The van der Waals surface area contributed by atoms with E-state index in [-0.39, 0.29) is 0 Å². The van der Waals surface area contributed by atoms with Gasteiger partial charge in [0.15, 0.2) is 0 Å². The van der Waals surface area contributed by atoms with Gasteiger partial charge in [-0.25, -0.2) is 37.3 Å². The Balaban J connectivity index is 0.000000599. The van der Waals surface area contributed by atoms with Crippen molar-refractivity contribution < 1.29 is 57.8 Å². The molecule has 0 heterocycles. The van der Waals surface area contributed by atoms with Gasteiger partial charge in [0, 0.05) is 0 Å². The first-order valence-electron chi connectivity index (χ1n) is 17.7. The summed E-state index contributed by atoms with van der Waals surface area (Å²) in [5, 5.41) is 8.95. The van der Waals surface area contributed by atoms with E-state index >= 15 is 0 Å². The molecular formula is C43H44Cl2O8P2. The fourth-order valence-electron chi connectivity index (χ4n) is 6.99. The standard InChI is InChI=1S/C43H44P2.2ClHO4/c1(2-22-36-44(38-24-10-4-11-25-38,39-26-12-5-13-27-39)40-28-14-6-15-29-40)3-23-37-45(41-30-16-7-17-31-41,42-32-18-8-19-33-42)43-34-20-9-21-35-43;2*2-1(3,4)5/h4-21,24-35H,1-3,22-23,36-37H2;2*(H,2,3,4,5)/q+2;;/p-2. The molecule has 0 fully saturated rings. The number of hydrogen-bond acceptors (Lipinski definition) is 8. The number of hydrogen-bond donors (Lipinski definition) is 0. The molecule has 0 aromatic heterocycles. The first-order chi connectivity index (χ1) is 26.3. The average molecular weight is 822 g/mol. The van der Waals surface area contributed by atoms with E-state index < -0.39 is 35.0 Å². The summed E-state index contributed by atoms with van der Waals surface area (Å²) in [4.78, 5) is 0. The average Bonchev–Trinajstić information content (AvgIpc) is 3.18. The Morgan fingerprint density at radius 2 is 0.400 bits per heavy atom. The number of halogens is 2. The molecule has 0 bridgehead atoms. The van der Waals surface area contributed by atoms with Gasteiger partial charge < -0.3 is 0 Å². The molecule has 6 rings (SSSR count). The van der Waals surface area contributed by atoms with Crippen LogP contribution in [0.5, 0.6) is 0 Å². The quantitative estimate of drug-likeness (QED) is 0.103. The monoisotopic (exact) mass is 820 g/mol. The van der Waals surface area contributed by atoms with Gasteiger partial charge in [0.1, 0.15) is 46.4 Å². The summed E-state index contributed by atoms with van der Waals surface area (Å²) >= 11 is 0. The predicted molar refractivity (Wildman–Crippen MR) is 203 cm³/mol. The summed E-state index contributed by atoms with van der Waals surface area (Å²) in [7, 11) is -13.4. The third-order valence-electron chi connectivity index (χ3n) is 9.17. The van der Waals surface area contributed by atoms with Crippen molar-refractivity contribution in [3.63, 3.8) is 0 Å². The van der Waals surface area contributed by atoms with Crippen LogP contribution < -0.4 is 69.1 Å². The van der Waals surface area contributed by atoms with Crippen LogP contribution in [-0.4, -0.2) is 12.3 Å². The van der Waals surface area contributed by atoms with Crippen LogP contribution in [0.25, 0.3) is 0 Å². The zero-order valence-electron chi connectivity index (χ0n) is 30.2. The van der Waals surface area contributed by atoms with Gasteiger partial charge in [0.2, 0.25) is 0 Å². The van der Waals surface area contributed by atoms with Gasteiger partial charge in [-0.05, 0) is 98.5 Å². The summed E-state index contributed by atoms with van der Waals surface area (Å²) in [6.07, 6.45) is 8.70. The summed E-state index contributed by atoms with van der Waals surface area (Å²) < 4.78 is 67.9. The van der Waals surface area contributed by atoms with Gasteiger partial charge in [-0.1, -0.05) is 116 Å². The minimum atomic E-state index is -4.94. The van der Waals surface area contributed by atoms with Crippen LogP contribution in [0.15, 0.2) is 182 Å². The van der Waals surface area contributed by atoms with Crippen molar-refractivity contribution in [3.05, 3.63) is 182 Å². The van der Waals surface area contributed by atoms with E-state index in [0.717, 1.165) is 0 Å². The highest BCUT2D eigenvalue weighted by atomic mass is 35.7. The van der Waals surface area contributed by atoms with Gasteiger partial charge in [-0.3, -0.25) is 0 Å². The highest BCUT2D eigenvalue weighted by Crippen LogP contribution is 2.57. The molecule has 0 aliphatic heterocycles. The third-order valence-corrected chi connectivity index (χ3v) is 18.2.